The number of hydrogen-bond acceptors (Lipinski definition) is 3. The second kappa shape index (κ2) is 3.59. The van der Waals surface area contributed by atoms with Crippen molar-refractivity contribution < 1.29 is 4.79 Å². The van der Waals surface area contributed by atoms with Gasteiger partial charge in [0, 0.05) is 39.4 Å². The van der Waals surface area contributed by atoms with Gasteiger partial charge in [0.15, 0.2) is 0 Å². The van der Waals surface area contributed by atoms with Crippen LogP contribution in [-0.2, 0) is 7.05 Å². The monoisotopic (exact) mass is 220 g/mol. The first-order valence-electron chi connectivity index (χ1n) is 5.73. The van der Waals surface area contributed by atoms with E-state index in [-0.39, 0.29) is 5.91 Å². The van der Waals surface area contributed by atoms with Crippen molar-refractivity contribution in [3.05, 3.63) is 18.0 Å². The number of fused-ring (bicyclic) bond motifs is 1. The normalized spacial score (nSPS) is 28.4. The van der Waals surface area contributed by atoms with Crippen molar-refractivity contribution in [3.63, 3.8) is 0 Å². The summed E-state index contributed by atoms with van der Waals surface area (Å²) in [4.78, 5) is 14.2. The number of carbonyl (C=O) groups is 1. The summed E-state index contributed by atoms with van der Waals surface area (Å²) in [6.45, 7) is 3.89. The van der Waals surface area contributed by atoms with Gasteiger partial charge in [-0.05, 0) is 17.9 Å². The molecule has 1 amide bonds. The lowest BCUT2D eigenvalue weighted by atomic mass is 10.0. The fraction of sp³-hybridized carbons (Fsp3) is 0.636. The summed E-state index contributed by atoms with van der Waals surface area (Å²) in [6.07, 6.45) is 1.67. The molecule has 5 heteroatoms. The van der Waals surface area contributed by atoms with Gasteiger partial charge in [0.05, 0.1) is 0 Å². The smallest absolute Gasteiger partial charge is 0.272 e. The molecule has 2 aliphatic rings. The van der Waals surface area contributed by atoms with Crippen LogP contribution >= 0.6 is 0 Å². The molecule has 0 bridgehead atoms. The molecule has 16 heavy (non-hydrogen) atoms. The van der Waals surface area contributed by atoms with Crippen molar-refractivity contribution in [3.8, 4) is 0 Å². The van der Waals surface area contributed by atoms with Gasteiger partial charge in [0.2, 0.25) is 0 Å². The van der Waals surface area contributed by atoms with Gasteiger partial charge >= 0.3 is 0 Å². The fourth-order valence-corrected chi connectivity index (χ4v) is 2.77. The Morgan fingerprint density at radius 1 is 1.44 bits per heavy atom. The molecule has 0 saturated carbocycles. The highest BCUT2D eigenvalue weighted by atomic mass is 16.2. The molecule has 2 unspecified atom stereocenters. The summed E-state index contributed by atoms with van der Waals surface area (Å²) in [6, 6.07) is 1.79. The maximum Gasteiger partial charge on any atom is 0.272 e. The molecule has 3 heterocycles. The number of likely N-dealkylation sites (tertiary alicyclic amines) is 1. The Kier molecular flexibility index (Phi) is 2.21. The first-order valence-corrected chi connectivity index (χ1v) is 5.73. The van der Waals surface area contributed by atoms with Gasteiger partial charge in [0.25, 0.3) is 5.91 Å². The topological polar surface area (TPSA) is 50.2 Å². The third kappa shape index (κ3) is 1.43. The molecule has 1 aromatic rings. The summed E-state index contributed by atoms with van der Waals surface area (Å²) in [5.41, 5.74) is 0.688. The van der Waals surface area contributed by atoms with Crippen LogP contribution in [0.3, 0.4) is 0 Å². The molecule has 0 aliphatic carbocycles. The standard InChI is InChI=1S/C11H16N4O/c1-14-10(2-3-13-14)11(16)15-6-8-4-12-5-9(8)7-15/h2-3,8-9,12H,4-7H2,1H3. The van der Waals surface area contributed by atoms with Gasteiger partial charge in [-0.25, -0.2) is 0 Å². The molecule has 2 saturated heterocycles. The number of rotatable bonds is 1. The number of nitrogens with zero attached hydrogens (tertiary/aromatic N) is 3. The molecule has 2 aliphatic heterocycles. The molecule has 3 rings (SSSR count). The average molecular weight is 220 g/mol. The minimum absolute atomic E-state index is 0.120. The highest BCUT2D eigenvalue weighted by molar-refractivity contribution is 5.92. The third-order valence-electron chi connectivity index (χ3n) is 3.72. The minimum atomic E-state index is 0.120. The van der Waals surface area contributed by atoms with E-state index >= 15 is 0 Å². The average Bonchev–Trinajstić information content (AvgIpc) is 2.89. The Morgan fingerprint density at radius 2 is 2.12 bits per heavy atom. The zero-order valence-electron chi connectivity index (χ0n) is 9.39. The van der Waals surface area contributed by atoms with Crippen molar-refractivity contribution in [2.75, 3.05) is 26.2 Å². The van der Waals surface area contributed by atoms with Crippen LogP contribution in [0, 0.1) is 11.8 Å². The number of hydrogen-bond donors (Lipinski definition) is 1. The number of aryl methyl sites for hydroxylation is 1. The van der Waals surface area contributed by atoms with Crippen LogP contribution in [0.4, 0.5) is 0 Å². The number of nitrogens with one attached hydrogen (secondary N) is 1. The van der Waals surface area contributed by atoms with Crippen LogP contribution in [-0.4, -0.2) is 46.8 Å². The Labute approximate surface area is 94.4 Å². The highest BCUT2D eigenvalue weighted by Crippen LogP contribution is 2.27. The summed E-state index contributed by atoms with van der Waals surface area (Å²) in [5, 5.41) is 7.41. The second-order valence-electron chi connectivity index (χ2n) is 4.73. The van der Waals surface area contributed by atoms with Crippen LogP contribution in [0.1, 0.15) is 10.5 Å². The SMILES string of the molecule is Cn1nccc1C(=O)N1CC2CNCC2C1. The first-order chi connectivity index (χ1) is 7.75. The molecule has 0 spiro atoms. The van der Waals surface area contributed by atoms with Crippen LogP contribution in [0.2, 0.25) is 0 Å². The maximum atomic E-state index is 12.2. The fourth-order valence-electron chi connectivity index (χ4n) is 2.77. The lowest BCUT2D eigenvalue weighted by molar-refractivity contribution is 0.0771. The van der Waals surface area contributed by atoms with E-state index in [0.29, 0.717) is 17.5 Å². The molecule has 2 atom stereocenters. The van der Waals surface area contributed by atoms with Gasteiger partial charge in [0.1, 0.15) is 5.69 Å². The lowest BCUT2D eigenvalue weighted by Crippen LogP contribution is -2.33. The van der Waals surface area contributed by atoms with Gasteiger partial charge in [-0.3, -0.25) is 9.48 Å². The van der Waals surface area contributed by atoms with Gasteiger partial charge in [-0.15, -0.1) is 0 Å². The van der Waals surface area contributed by atoms with E-state index in [1.165, 1.54) is 0 Å². The molecule has 86 valence electrons. The van der Waals surface area contributed by atoms with Crippen molar-refractivity contribution in [1.29, 1.82) is 0 Å². The van der Waals surface area contributed by atoms with Gasteiger partial charge in [-0.2, -0.15) is 5.10 Å². The largest absolute Gasteiger partial charge is 0.337 e. The molecule has 0 radical (unpaired) electrons. The molecule has 2 fully saturated rings. The molecule has 0 aromatic carbocycles. The van der Waals surface area contributed by atoms with Crippen LogP contribution in [0.15, 0.2) is 12.3 Å². The number of aromatic nitrogens is 2. The van der Waals surface area contributed by atoms with Crippen molar-refractivity contribution in [1.82, 2.24) is 20.0 Å². The molecule has 5 nitrogen and oxygen atoms in total. The van der Waals surface area contributed by atoms with Gasteiger partial charge in [-0.1, -0.05) is 0 Å². The summed E-state index contributed by atoms with van der Waals surface area (Å²) in [5.74, 6) is 1.42. The summed E-state index contributed by atoms with van der Waals surface area (Å²) < 4.78 is 1.65. The molecule has 1 N–H and O–H groups in total. The van der Waals surface area contributed by atoms with Gasteiger partial charge < -0.3 is 10.2 Å². The summed E-state index contributed by atoms with van der Waals surface area (Å²) in [7, 11) is 1.81. The first kappa shape index (κ1) is 9.84. The lowest BCUT2D eigenvalue weighted by Gasteiger charge is -2.17. The van der Waals surface area contributed by atoms with E-state index < -0.39 is 0 Å². The van der Waals surface area contributed by atoms with E-state index in [1.54, 1.807) is 16.9 Å². The van der Waals surface area contributed by atoms with Crippen molar-refractivity contribution >= 4 is 5.91 Å². The molecule has 1 aromatic heterocycles. The quantitative estimate of drug-likeness (QED) is 0.707. The zero-order valence-corrected chi connectivity index (χ0v) is 9.39. The van der Waals surface area contributed by atoms with E-state index in [1.807, 2.05) is 11.9 Å². The highest BCUT2D eigenvalue weighted by Gasteiger charge is 2.38. The van der Waals surface area contributed by atoms with Crippen molar-refractivity contribution in [2.24, 2.45) is 18.9 Å². The van der Waals surface area contributed by atoms with Crippen LogP contribution in [0.5, 0.6) is 0 Å². The van der Waals surface area contributed by atoms with Crippen molar-refractivity contribution in [2.45, 2.75) is 0 Å². The Bertz CT molecular complexity index is 402. The van der Waals surface area contributed by atoms with E-state index in [4.69, 9.17) is 0 Å². The predicted molar refractivity (Wildman–Crippen MR) is 59.0 cm³/mol. The van der Waals surface area contributed by atoms with Crippen LogP contribution in [0.25, 0.3) is 0 Å². The number of carbonyl (C=O) groups excluding carboxylic acids is 1. The zero-order chi connectivity index (χ0) is 11.1. The van der Waals surface area contributed by atoms with Crippen LogP contribution < -0.4 is 5.32 Å². The minimum Gasteiger partial charge on any atom is -0.337 e. The predicted octanol–water partition coefficient (Wildman–Crippen LogP) is -0.288. The van der Waals surface area contributed by atoms with E-state index in [2.05, 4.69) is 10.4 Å². The third-order valence-corrected chi connectivity index (χ3v) is 3.72. The second-order valence-corrected chi connectivity index (χ2v) is 4.73. The van der Waals surface area contributed by atoms with E-state index in [0.717, 1.165) is 26.2 Å². The van der Waals surface area contributed by atoms with E-state index in [9.17, 15) is 4.79 Å². The Hall–Kier alpha value is -1.36. The number of amides is 1. The Balaban J connectivity index is 1.75. The molecular formula is C11H16N4O. The summed E-state index contributed by atoms with van der Waals surface area (Å²) >= 11 is 0. The maximum absolute atomic E-state index is 12.2. The molecular weight excluding hydrogens is 204 g/mol. The Morgan fingerprint density at radius 3 is 2.69 bits per heavy atom.